The molecule has 0 radical (unpaired) electrons. The van der Waals surface area contributed by atoms with Gasteiger partial charge in [0.1, 0.15) is 4.83 Å². The van der Waals surface area contributed by atoms with Crippen LogP contribution in [-0.4, -0.2) is 38.7 Å². The number of nitrogens with one attached hydrogen (secondary N) is 1. The van der Waals surface area contributed by atoms with E-state index in [0.29, 0.717) is 17.2 Å². The second-order valence-corrected chi connectivity index (χ2v) is 6.25. The molecule has 2 heterocycles. The van der Waals surface area contributed by atoms with Gasteiger partial charge in [0.05, 0.1) is 11.5 Å². The highest BCUT2D eigenvalue weighted by atomic mass is 32.1. The van der Waals surface area contributed by atoms with Gasteiger partial charge in [0.2, 0.25) is 0 Å². The molecule has 2 rings (SSSR count). The van der Waals surface area contributed by atoms with E-state index in [0.717, 1.165) is 15.9 Å². The van der Waals surface area contributed by atoms with Gasteiger partial charge >= 0.3 is 0 Å². The van der Waals surface area contributed by atoms with Crippen LogP contribution in [0.15, 0.2) is 54.9 Å². The van der Waals surface area contributed by atoms with Crippen LogP contribution in [0.1, 0.15) is 9.67 Å². The highest BCUT2D eigenvalue weighted by molar-refractivity contribution is 7.20. The Morgan fingerprint density at radius 2 is 2.29 bits per heavy atom. The third kappa shape index (κ3) is 4.31. The molecule has 5 nitrogen and oxygen atoms in total. The Labute approximate surface area is 146 Å². The number of hydrogen-bond acceptors (Lipinski definition) is 5. The number of amides is 1. The molecule has 0 fully saturated rings. The molecule has 1 amide bonds. The number of carbonyl (C=O) groups excluding carboxylic acids is 1. The van der Waals surface area contributed by atoms with Crippen molar-refractivity contribution in [2.45, 2.75) is 0 Å². The van der Waals surface area contributed by atoms with Crippen LogP contribution in [0.3, 0.4) is 0 Å². The average Bonchev–Trinajstić information content (AvgIpc) is 2.99. The highest BCUT2D eigenvalue weighted by Gasteiger charge is 2.14. The standard InChI is InChI=1S/C18H21N3O2S/c1-5-7-13(8-6-11-23-4)20-17(22)16-12-14-15(21(2)3)9-10-19-18(14)24-16/h5-10,12H,1,11H2,2-4H3,(H,20,22)/b8-6-,13-7+. The summed E-state index contributed by atoms with van der Waals surface area (Å²) in [5, 5.41) is 3.85. The number of aromatic nitrogens is 1. The van der Waals surface area contributed by atoms with E-state index in [1.165, 1.54) is 11.3 Å². The average molecular weight is 343 g/mol. The zero-order valence-corrected chi connectivity index (χ0v) is 14.9. The normalized spacial score (nSPS) is 11.9. The van der Waals surface area contributed by atoms with Crippen LogP contribution in [0.4, 0.5) is 5.69 Å². The highest BCUT2D eigenvalue weighted by Crippen LogP contribution is 2.30. The maximum absolute atomic E-state index is 12.5. The van der Waals surface area contributed by atoms with E-state index in [-0.39, 0.29) is 5.91 Å². The molecule has 1 N–H and O–H groups in total. The lowest BCUT2D eigenvalue weighted by Crippen LogP contribution is -2.20. The fourth-order valence-corrected chi connectivity index (χ4v) is 3.07. The number of ether oxygens (including phenoxy) is 1. The molecule has 0 saturated heterocycles. The van der Waals surface area contributed by atoms with Gasteiger partial charge in [-0.15, -0.1) is 11.3 Å². The van der Waals surface area contributed by atoms with E-state index in [1.807, 2.05) is 37.2 Å². The first-order chi connectivity index (χ1) is 11.6. The van der Waals surface area contributed by atoms with Crippen molar-refractivity contribution in [2.75, 3.05) is 32.7 Å². The minimum absolute atomic E-state index is 0.169. The molecule has 0 aliphatic carbocycles. The Bertz CT molecular complexity index is 791. The zero-order chi connectivity index (χ0) is 17.5. The Morgan fingerprint density at radius 1 is 1.50 bits per heavy atom. The third-order valence-electron chi connectivity index (χ3n) is 3.23. The van der Waals surface area contributed by atoms with Crippen LogP contribution in [0, 0.1) is 0 Å². The van der Waals surface area contributed by atoms with E-state index in [2.05, 4.69) is 16.9 Å². The van der Waals surface area contributed by atoms with Gasteiger partial charge in [0.25, 0.3) is 5.91 Å². The summed E-state index contributed by atoms with van der Waals surface area (Å²) in [5.41, 5.74) is 1.70. The molecule has 2 aromatic rings. The quantitative estimate of drug-likeness (QED) is 0.783. The lowest BCUT2D eigenvalue weighted by Gasteiger charge is -2.12. The number of fused-ring (bicyclic) bond motifs is 1. The van der Waals surface area contributed by atoms with Crippen molar-refractivity contribution in [3.05, 3.63) is 59.8 Å². The Kier molecular flexibility index (Phi) is 6.28. The Hall–Kier alpha value is -2.44. The molecule has 24 heavy (non-hydrogen) atoms. The van der Waals surface area contributed by atoms with Crippen LogP contribution in [-0.2, 0) is 4.74 Å². The lowest BCUT2D eigenvalue weighted by atomic mass is 10.2. The molecule has 0 aliphatic rings. The fourth-order valence-electron chi connectivity index (χ4n) is 2.16. The maximum Gasteiger partial charge on any atom is 0.265 e. The summed E-state index contributed by atoms with van der Waals surface area (Å²) >= 11 is 1.37. The zero-order valence-electron chi connectivity index (χ0n) is 14.1. The van der Waals surface area contributed by atoms with E-state index in [4.69, 9.17) is 4.74 Å². The summed E-state index contributed by atoms with van der Waals surface area (Å²) < 4.78 is 4.97. The maximum atomic E-state index is 12.5. The molecule has 126 valence electrons. The molecule has 0 aromatic carbocycles. The van der Waals surface area contributed by atoms with Gasteiger partial charge in [-0.1, -0.05) is 18.7 Å². The number of rotatable bonds is 7. The first kappa shape index (κ1) is 17.9. The van der Waals surface area contributed by atoms with Crippen molar-refractivity contribution >= 4 is 33.1 Å². The van der Waals surface area contributed by atoms with E-state index < -0.39 is 0 Å². The second kappa shape index (κ2) is 8.42. The smallest absolute Gasteiger partial charge is 0.265 e. The molecule has 2 aromatic heterocycles. The largest absolute Gasteiger partial charge is 0.381 e. The molecule has 0 spiro atoms. The van der Waals surface area contributed by atoms with Crippen molar-refractivity contribution < 1.29 is 9.53 Å². The Morgan fingerprint density at radius 3 is 2.96 bits per heavy atom. The Balaban J connectivity index is 2.26. The number of anilines is 1. The number of allylic oxidation sites excluding steroid dienone is 3. The third-order valence-corrected chi connectivity index (χ3v) is 4.28. The van der Waals surface area contributed by atoms with Crippen molar-refractivity contribution in [1.29, 1.82) is 0 Å². The number of thiophene rings is 1. The first-order valence-electron chi connectivity index (χ1n) is 7.42. The van der Waals surface area contributed by atoms with Gasteiger partial charge in [-0.3, -0.25) is 4.79 Å². The van der Waals surface area contributed by atoms with E-state index in [1.54, 1.807) is 31.5 Å². The molecule has 6 heteroatoms. The van der Waals surface area contributed by atoms with E-state index in [9.17, 15) is 4.79 Å². The first-order valence-corrected chi connectivity index (χ1v) is 8.24. The summed E-state index contributed by atoms with van der Waals surface area (Å²) in [7, 11) is 5.56. The number of methoxy groups -OCH3 is 1. The molecule has 0 atom stereocenters. The van der Waals surface area contributed by atoms with Crippen LogP contribution in [0.5, 0.6) is 0 Å². The van der Waals surface area contributed by atoms with Gasteiger partial charge in [0, 0.05) is 44.2 Å². The van der Waals surface area contributed by atoms with E-state index >= 15 is 0 Å². The van der Waals surface area contributed by atoms with Crippen molar-refractivity contribution in [1.82, 2.24) is 10.3 Å². The fraction of sp³-hybridized carbons (Fsp3) is 0.222. The molecule has 0 unspecified atom stereocenters. The summed E-state index contributed by atoms with van der Waals surface area (Å²) in [5.74, 6) is -0.169. The number of hydrogen-bond donors (Lipinski definition) is 1. The number of nitrogens with zero attached hydrogens (tertiary/aromatic N) is 2. The second-order valence-electron chi connectivity index (χ2n) is 5.22. The molecule has 0 bridgehead atoms. The van der Waals surface area contributed by atoms with Crippen LogP contribution in [0.25, 0.3) is 10.2 Å². The predicted molar refractivity (Wildman–Crippen MR) is 101 cm³/mol. The van der Waals surface area contributed by atoms with Gasteiger partial charge in [-0.2, -0.15) is 0 Å². The molecular formula is C18H21N3O2S. The summed E-state index contributed by atoms with van der Waals surface area (Å²) in [6.45, 7) is 4.14. The predicted octanol–water partition coefficient (Wildman–Crippen LogP) is 3.36. The number of carbonyl (C=O) groups is 1. The van der Waals surface area contributed by atoms with Crippen molar-refractivity contribution in [3.8, 4) is 0 Å². The van der Waals surface area contributed by atoms with Crippen molar-refractivity contribution in [2.24, 2.45) is 0 Å². The summed E-state index contributed by atoms with van der Waals surface area (Å²) in [6.07, 6.45) is 8.74. The lowest BCUT2D eigenvalue weighted by molar-refractivity contribution is 0.0971. The van der Waals surface area contributed by atoms with Gasteiger partial charge < -0.3 is 15.0 Å². The molecule has 0 saturated carbocycles. The number of pyridine rings is 1. The molecule has 0 aliphatic heterocycles. The van der Waals surface area contributed by atoms with Crippen LogP contribution in [0.2, 0.25) is 0 Å². The van der Waals surface area contributed by atoms with Gasteiger partial charge in [-0.05, 0) is 24.3 Å². The minimum Gasteiger partial charge on any atom is -0.381 e. The van der Waals surface area contributed by atoms with Gasteiger partial charge in [-0.25, -0.2) is 4.98 Å². The minimum atomic E-state index is -0.169. The summed E-state index contributed by atoms with van der Waals surface area (Å²) in [4.78, 5) is 20.3. The summed E-state index contributed by atoms with van der Waals surface area (Å²) in [6, 6.07) is 3.81. The molecular weight excluding hydrogens is 322 g/mol. The SMILES string of the molecule is C=C/C=C(\C=C/COC)NC(=O)c1cc2c(N(C)C)ccnc2s1. The topological polar surface area (TPSA) is 54.5 Å². The van der Waals surface area contributed by atoms with Gasteiger partial charge in [0.15, 0.2) is 0 Å². The van der Waals surface area contributed by atoms with Crippen LogP contribution >= 0.6 is 11.3 Å². The van der Waals surface area contributed by atoms with Crippen LogP contribution < -0.4 is 10.2 Å². The van der Waals surface area contributed by atoms with Crippen molar-refractivity contribution in [3.63, 3.8) is 0 Å². The monoisotopic (exact) mass is 343 g/mol.